The maximum absolute atomic E-state index is 12.7. The summed E-state index contributed by atoms with van der Waals surface area (Å²) in [5, 5.41) is 4.20. The van der Waals surface area contributed by atoms with Gasteiger partial charge in [0.15, 0.2) is 0 Å². The molecule has 2 aromatic carbocycles. The molecule has 134 valence electrons. The van der Waals surface area contributed by atoms with Gasteiger partial charge in [-0.25, -0.2) is 0 Å². The molecule has 1 N–H and O–H groups in total. The summed E-state index contributed by atoms with van der Waals surface area (Å²) in [5.41, 5.74) is 1.50. The number of hydrogen-bond donors (Lipinski definition) is 1. The topological polar surface area (TPSA) is 41.6 Å². The number of thiocarbonyl (C=S) groups is 1. The van der Waals surface area contributed by atoms with Gasteiger partial charge in [0.1, 0.15) is 10.1 Å². The molecular weight excluding hydrogens is 411 g/mol. The minimum Gasteiger partial charge on any atom is -0.495 e. The third-order valence-electron chi connectivity index (χ3n) is 3.66. The summed E-state index contributed by atoms with van der Waals surface area (Å²) in [6.45, 7) is 0.247. The van der Waals surface area contributed by atoms with Gasteiger partial charge in [0, 0.05) is 10.0 Å². The van der Waals surface area contributed by atoms with E-state index in [-0.39, 0.29) is 12.6 Å². The Hall–Kier alpha value is -1.73. The molecule has 4 nitrogen and oxygen atoms in total. The molecular formula is C18H14Cl2N2O2S2. The quantitative estimate of drug-likeness (QED) is 0.522. The number of hydrogen-bond acceptors (Lipinski definition) is 5. The van der Waals surface area contributed by atoms with Gasteiger partial charge in [0.25, 0.3) is 5.91 Å². The van der Waals surface area contributed by atoms with Gasteiger partial charge in [-0.3, -0.25) is 9.69 Å². The van der Waals surface area contributed by atoms with Crippen LogP contribution in [0, 0.1) is 0 Å². The summed E-state index contributed by atoms with van der Waals surface area (Å²) in [6.07, 6.45) is 1.72. The molecule has 0 spiro atoms. The number of benzene rings is 2. The van der Waals surface area contributed by atoms with Gasteiger partial charge in [0.2, 0.25) is 0 Å². The number of carbonyl (C=O) groups is 1. The summed E-state index contributed by atoms with van der Waals surface area (Å²) in [4.78, 5) is 14.7. The van der Waals surface area contributed by atoms with E-state index in [0.717, 1.165) is 5.69 Å². The second-order valence-corrected chi connectivity index (χ2v) is 7.83. The van der Waals surface area contributed by atoms with Crippen LogP contribution >= 0.6 is 47.2 Å². The number of thioether (sulfide) groups is 1. The molecule has 0 bridgehead atoms. The molecule has 0 saturated carbocycles. The number of ether oxygens (including phenoxy) is 1. The highest BCUT2D eigenvalue weighted by molar-refractivity contribution is 8.26. The highest BCUT2D eigenvalue weighted by atomic mass is 35.5. The van der Waals surface area contributed by atoms with Gasteiger partial charge in [-0.15, -0.1) is 0 Å². The lowest BCUT2D eigenvalue weighted by atomic mass is 10.2. The van der Waals surface area contributed by atoms with Gasteiger partial charge >= 0.3 is 0 Å². The number of nitrogens with one attached hydrogen (secondary N) is 1. The van der Waals surface area contributed by atoms with Crippen molar-refractivity contribution in [1.29, 1.82) is 0 Å². The van der Waals surface area contributed by atoms with Gasteiger partial charge in [-0.2, -0.15) is 0 Å². The minimum absolute atomic E-state index is 0.173. The Morgan fingerprint density at radius 3 is 2.77 bits per heavy atom. The average molecular weight is 425 g/mol. The molecule has 8 heteroatoms. The summed E-state index contributed by atoms with van der Waals surface area (Å²) in [7, 11) is 1.60. The molecule has 1 aliphatic rings. The van der Waals surface area contributed by atoms with Crippen molar-refractivity contribution >= 4 is 69.2 Å². The number of nitrogens with zero attached hydrogens (tertiary/aromatic N) is 1. The van der Waals surface area contributed by atoms with Crippen LogP contribution in [-0.2, 0) is 4.79 Å². The number of methoxy groups -OCH3 is 1. The number of carbonyl (C=O) groups excluding carboxylic acids is 1. The van der Waals surface area contributed by atoms with Crippen molar-refractivity contribution in [3.05, 3.63) is 63.0 Å². The van der Waals surface area contributed by atoms with E-state index < -0.39 is 0 Å². The van der Waals surface area contributed by atoms with Crippen molar-refractivity contribution in [2.24, 2.45) is 0 Å². The third-order valence-corrected chi connectivity index (χ3v) is 5.60. The lowest BCUT2D eigenvalue weighted by Gasteiger charge is -2.17. The van der Waals surface area contributed by atoms with Crippen LogP contribution in [0.5, 0.6) is 5.75 Å². The first kappa shape index (κ1) is 19.0. The van der Waals surface area contributed by atoms with Gasteiger partial charge < -0.3 is 10.1 Å². The summed E-state index contributed by atoms with van der Waals surface area (Å²) >= 11 is 18.7. The summed E-state index contributed by atoms with van der Waals surface area (Å²) in [5.74, 6) is 0.523. The van der Waals surface area contributed by atoms with E-state index in [1.165, 1.54) is 16.7 Å². The zero-order chi connectivity index (χ0) is 18.7. The maximum atomic E-state index is 12.7. The number of halogens is 2. The van der Waals surface area contributed by atoms with Crippen molar-refractivity contribution in [2.75, 3.05) is 19.1 Å². The van der Waals surface area contributed by atoms with E-state index in [0.29, 0.717) is 30.6 Å². The molecule has 1 aliphatic heterocycles. The van der Waals surface area contributed by atoms with Crippen LogP contribution in [0.2, 0.25) is 10.0 Å². The summed E-state index contributed by atoms with van der Waals surface area (Å²) < 4.78 is 5.78. The second kappa shape index (κ2) is 8.31. The average Bonchev–Trinajstić information content (AvgIpc) is 2.89. The first-order valence-electron chi connectivity index (χ1n) is 7.57. The fourth-order valence-electron chi connectivity index (χ4n) is 2.35. The number of amides is 1. The molecule has 1 saturated heterocycles. The standard InChI is InChI=1S/C18H14Cl2N2O2S2/c1-24-15-5-3-2-4-14(15)21-10-22-17(23)16(26-18(22)25)8-11-6-7-12(19)9-13(11)20/h2-9,21H,10H2,1H3/b16-8+. The summed E-state index contributed by atoms with van der Waals surface area (Å²) in [6, 6.07) is 12.6. The lowest BCUT2D eigenvalue weighted by Crippen LogP contribution is -2.33. The largest absolute Gasteiger partial charge is 0.495 e. The van der Waals surface area contributed by atoms with E-state index in [9.17, 15) is 4.79 Å². The van der Waals surface area contributed by atoms with Crippen LogP contribution in [0.3, 0.4) is 0 Å². The fourth-order valence-corrected chi connectivity index (χ4v) is 4.06. The van der Waals surface area contributed by atoms with Crippen LogP contribution in [0.15, 0.2) is 47.4 Å². The molecule has 1 heterocycles. The zero-order valence-corrected chi connectivity index (χ0v) is 16.8. The minimum atomic E-state index is -0.173. The van der Waals surface area contributed by atoms with Crippen molar-refractivity contribution in [3.63, 3.8) is 0 Å². The van der Waals surface area contributed by atoms with E-state index >= 15 is 0 Å². The predicted molar refractivity (Wildman–Crippen MR) is 113 cm³/mol. The Morgan fingerprint density at radius 2 is 2.04 bits per heavy atom. The van der Waals surface area contributed by atoms with Crippen molar-refractivity contribution in [1.82, 2.24) is 4.90 Å². The third kappa shape index (κ3) is 4.15. The molecule has 0 atom stereocenters. The monoisotopic (exact) mass is 424 g/mol. The Morgan fingerprint density at radius 1 is 1.27 bits per heavy atom. The van der Waals surface area contributed by atoms with Crippen LogP contribution in [0.25, 0.3) is 6.08 Å². The van der Waals surface area contributed by atoms with Crippen molar-refractivity contribution in [3.8, 4) is 5.75 Å². The molecule has 3 rings (SSSR count). The van der Waals surface area contributed by atoms with E-state index in [1.807, 2.05) is 24.3 Å². The Labute approximate surface area is 171 Å². The van der Waals surface area contributed by atoms with E-state index in [2.05, 4.69) is 5.32 Å². The number of para-hydroxylation sites is 2. The zero-order valence-electron chi connectivity index (χ0n) is 13.7. The van der Waals surface area contributed by atoms with Gasteiger partial charge in [-0.05, 0) is 35.9 Å². The smallest absolute Gasteiger partial charge is 0.267 e. The normalized spacial score (nSPS) is 15.7. The van der Waals surface area contributed by atoms with Crippen LogP contribution in [0.4, 0.5) is 5.69 Å². The van der Waals surface area contributed by atoms with E-state index in [1.54, 1.807) is 31.4 Å². The predicted octanol–water partition coefficient (Wildman–Crippen LogP) is 5.27. The maximum Gasteiger partial charge on any atom is 0.267 e. The van der Waals surface area contributed by atoms with Crippen LogP contribution in [0.1, 0.15) is 5.56 Å². The van der Waals surface area contributed by atoms with Crippen LogP contribution < -0.4 is 10.1 Å². The number of rotatable bonds is 5. The SMILES string of the molecule is COc1ccccc1NCN1C(=O)/C(=C\c2ccc(Cl)cc2Cl)SC1=S. The number of anilines is 1. The highest BCUT2D eigenvalue weighted by Gasteiger charge is 2.32. The van der Waals surface area contributed by atoms with Crippen molar-refractivity contribution < 1.29 is 9.53 Å². The van der Waals surface area contributed by atoms with Crippen molar-refractivity contribution in [2.45, 2.75) is 0 Å². The molecule has 26 heavy (non-hydrogen) atoms. The molecule has 1 fully saturated rings. The molecule has 2 aromatic rings. The molecule has 0 radical (unpaired) electrons. The Balaban J connectivity index is 1.75. The Kier molecular flexibility index (Phi) is 6.09. The first-order chi connectivity index (χ1) is 12.5. The highest BCUT2D eigenvalue weighted by Crippen LogP contribution is 2.34. The fraction of sp³-hybridized carbons (Fsp3) is 0.111. The molecule has 1 amide bonds. The van der Waals surface area contributed by atoms with E-state index in [4.69, 9.17) is 40.2 Å². The molecule has 0 unspecified atom stereocenters. The van der Waals surface area contributed by atoms with Gasteiger partial charge in [-0.1, -0.05) is 65.4 Å². The lowest BCUT2D eigenvalue weighted by molar-refractivity contribution is -0.121. The molecule has 0 aliphatic carbocycles. The second-order valence-electron chi connectivity index (χ2n) is 5.31. The van der Waals surface area contributed by atoms with Gasteiger partial charge in [0.05, 0.1) is 24.4 Å². The van der Waals surface area contributed by atoms with Crippen LogP contribution in [-0.4, -0.2) is 28.9 Å². The first-order valence-corrected chi connectivity index (χ1v) is 9.55. The Bertz CT molecular complexity index is 903. The molecule has 0 aromatic heterocycles.